The third-order valence-electron chi connectivity index (χ3n) is 6.91. The number of hydrogen-bond acceptors (Lipinski definition) is 6. The normalized spacial score (nSPS) is 14.4. The SMILES string of the molecule is Cc1ccc(NC(=O)c2coc(COc3ccc4c(c3)[C@@H](c3ccccc3)N(C(=O)c3ccco3)CC4)n2)cc1. The molecule has 200 valence electrons. The Hall–Kier alpha value is -5.11. The van der Waals surface area contributed by atoms with Gasteiger partial charge in [0.25, 0.3) is 11.8 Å². The van der Waals surface area contributed by atoms with Gasteiger partial charge in [0.1, 0.15) is 12.0 Å². The Kier molecular flexibility index (Phi) is 6.89. The lowest BCUT2D eigenvalue weighted by atomic mass is 9.87. The summed E-state index contributed by atoms with van der Waals surface area (Å²) in [6.45, 7) is 2.59. The Bertz CT molecular complexity index is 1630. The number of fused-ring (bicyclic) bond motifs is 1. The lowest BCUT2D eigenvalue weighted by Gasteiger charge is -2.37. The van der Waals surface area contributed by atoms with Gasteiger partial charge in [-0.05, 0) is 66.4 Å². The van der Waals surface area contributed by atoms with E-state index in [9.17, 15) is 9.59 Å². The molecule has 0 unspecified atom stereocenters. The molecule has 3 aromatic carbocycles. The fourth-order valence-corrected chi connectivity index (χ4v) is 4.90. The zero-order chi connectivity index (χ0) is 27.5. The third kappa shape index (κ3) is 5.24. The van der Waals surface area contributed by atoms with Crippen LogP contribution in [-0.2, 0) is 13.0 Å². The summed E-state index contributed by atoms with van der Waals surface area (Å²) in [6.07, 6.45) is 3.54. The van der Waals surface area contributed by atoms with Crippen LogP contribution in [0.25, 0.3) is 0 Å². The fourth-order valence-electron chi connectivity index (χ4n) is 4.90. The maximum Gasteiger partial charge on any atom is 0.290 e. The van der Waals surface area contributed by atoms with Gasteiger partial charge < -0.3 is 23.8 Å². The predicted molar refractivity (Wildman–Crippen MR) is 148 cm³/mol. The largest absolute Gasteiger partial charge is 0.484 e. The molecule has 0 spiro atoms. The van der Waals surface area contributed by atoms with Gasteiger partial charge in [0.2, 0.25) is 5.89 Å². The second-order valence-corrected chi connectivity index (χ2v) is 9.63. The number of rotatable bonds is 7. The molecule has 3 heterocycles. The number of oxazole rings is 1. The highest BCUT2D eigenvalue weighted by atomic mass is 16.5. The van der Waals surface area contributed by atoms with Gasteiger partial charge in [-0.1, -0.05) is 54.1 Å². The number of hydrogen-bond donors (Lipinski definition) is 1. The van der Waals surface area contributed by atoms with Gasteiger partial charge in [-0.15, -0.1) is 0 Å². The first-order valence-corrected chi connectivity index (χ1v) is 13.0. The fraction of sp³-hybridized carbons (Fsp3) is 0.156. The van der Waals surface area contributed by atoms with Crippen LogP contribution in [0.15, 0.2) is 106 Å². The van der Waals surface area contributed by atoms with Crippen molar-refractivity contribution in [2.45, 2.75) is 26.0 Å². The van der Waals surface area contributed by atoms with Gasteiger partial charge in [0.15, 0.2) is 18.1 Å². The molecule has 2 amide bonds. The minimum absolute atomic E-state index is 0.0433. The molecule has 0 fully saturated rings. The maximum absolute atomic E-state index is 13.4. The van der Waals surface area contributed by atoms with Crippen molar-refractivity contribution in [3.8, 4) is 5.75 Å². The number of furan rings is 1. The number of aryl methyl sites for hydroxylation is 1. The number of aromatic nitrogens is 1. The van der Waals surface area contributed by atoms with Crippen molar-refractivity contribution in [2.24, 2.45) is 0 Å². The quantitative estimate of drug-likeness (QED) is 0.268. The lowest BCUT2D eigenvalue weighted by molar-refractivity contribution is 0.0661. The molecule has 1 aliphatic heterocycles. The van der Waals surface area contributed by atoms with Gasteiger partial charge in [-0.2, -0.15) is 0 Å². The van der Waals surface area contributed by atoms with Crippen LogP contribution in [0.4, 0.5) is 5.69 Å². The van der Waals surface area contributed by atoms with E-state index in [4.69, 9.17) is 13.6 Å². The van der Waals surface area contributed by atoms with Crippen LogP contribution >= 0.6 is 0 Å². The van der Waals surface area contributed by atoms with Gasteiger partial charge in [0, 0.05) is 12.2 Å². The minimum Gasteiger partial charge on any atom is -0.484 e. The average molecular weight is 534 g/mol. The first-order chi connectivity index (χ1) is 19.5. The smallest absolute Gasteiger partial charge is 0.290 e. The van der Waals surface area contributed by atoms with Crippen LogP contribution in [-0.4, -0.2) is 28.2 Å². The van der Waals surface area contributed by atoms with E-state index in [2.05, 4.69) is 10.3 Å². The summed E-state index contributed by atoms with van der Waals surface area (Å²) < 4.78 is 16.9. The Balaban J connectivity index is 1.20. The average Bonchev–Trinajstić information content (AvgIpc) is 3.70. The van der Waals surface area contributed by atoms with Gasteiger partial charge in [-0.25, -0.2) is 4.98 Å². The molecule has 8 heteroatoms. The van der Waals surface area contributed by atoms with Crippen LogP contribution in [0.2, 0.25) is 0 Å². The molecule has 0 radical (unpaired) electrons. The van der Waals surface area contributed by atoms with E-state index in [1.807, 2.05) is 84.6 Å². The summed E-state index contributed by atoms with van der Waals surface area (Å²) in [5.41, 5.74) is 5.08. The summed E-state index contributed by atoms with van der Waals surface area (Å²) in [5, 5.41) is 2.81. The highest BCUT2D eigenvalue weighted by Gasteiger charge is 2.34. The van der Waals surface area contributed by atoms with Crippen LogP contribution in [0.1, 0.15) is 55.2 Å². The molecule has 1 N–H and O–H groups in total. The number of carbonyl (C=O) groups excluding carboxylic acids is 2. The second kappa shape index (κ2) is 10.9. The molecule has 0 bridgehead atoms. The summed E-state index contributed by atoms with van der Waals surface area (Å²) >= 11 is 0. The van der Waals surface area contributed by atoms with Crippen LogP contribution in [0, 0.1) is 6.92 Å². The van der Waals surface area contributed by atoms with E-state index in [0.29, 0.717) is 30.2 Å². The molecular weight excluding hydrogens is 506 g/mol. The molecule has 1 atom stereocenters. The highest BCUT2D eigenvalue weighted by Crippen LogP contribution is 2.38. The van der Waals surface area contributed by atoms with E-state index in [1.54, 1.807) is 12.1 Å². The topological polar surface area (TPSA) is 97.8 Å². The highest BCUT2D eigenvalue weighted by molar-refractivity contribution is 6.02. The number of nitrogens with zero attached hydrogens (tertiary/aromatic N) is 2. The Labute approximate surface area is 231 Å². The molecule has 0 saturated heterocycles. The monoisotopic (exact) mass is 533 g/mol. The molecule has 0 saturated carbocycles. The van der Waals surface area contributed by atoms with Crippen LogP contribution in [0.5, 0.6) is 5.75 Å². The zero-order valence-corrected chi connectivity index (χ0v) is 21.9. The van der Waals surface area contributed by atoms with E-state index in [-0.39, 0.29) is 36.0 Å². The van der Waals surface area contributed by atoms with Crippen molar-refractivity contribution < 1.29 is 23.2 Å². The lowest BCUT2D eigenvalue weighted by Crippen LogP contribution is -2.40. The molecule has 0 aliphatic carbocycles. The van der Waals surface area contributed by atoms with Crippen molar-refractivity contribution in [1.29, 1.82) is 0 Å². The Morgan fingerprint density at radius 2 is 1.82 bits per heavy atom. The summed E-state index contributed by atoms with van der Waals surface area (Å²) in [6, 6.07) is 26.4. The van der Waals surface area contributed by atoms with Crippen LogP contribution < -0.4 is 10.1 Å². The van der Waals surface area contributed by atoms with E-state index < -0.39 is 0 Å². The van der Waals surface area contributed by atoms with E-state index in [0.717, 1.165) is 22.3 Å². The summed E-state index contributed by atoms with van der Waals surface area (Å²) in [7, 11) is 0. The minimum atomic E-state index is -0.361. The zero-order valence-electron chi connectivity index (χ0n) is 21.9. The van der Waals surface area contributed by atoms with Crippen molar-refractivity contribution in [1.82, 2.24) is 9.88 Å². The number of carbonyl (C=O) groups is 2. The number of benzene rings is 3. The predicted octanol–water partition coefficient (Wildman–Crippen LogP) is 6.20. The van der Waals surface area contributed by atoms with E-state index in [1.165, 1.54) is 12.5 Å². The molecule has 8 nitrogen and oxygen atoms in total. The number of ether oxygens (including phenoxy) is 1. The standard InChI is InChI=1S/C32H27N3O5/c1-21-9-12-24(13-10-21)33-31(36)27-19-40-29(34-27)20-39-25-14-11-22-15-16-35(32(37)28-8-5-17-38-28)30(26(22)18-25)23-6-3-2-4-7-23/h2-14,17-19,30H,15-16,20H2,1H3,(H,33,36)/t30-/m1/s1. The second-order valence-electron chi connectivity index (χ2n) is 9.63. The van der Waals surface area contributed by atoms with E-state index >= 15 is 0 Å². The molecule has 6 rings (SSSR count). The first kappa shape index (κ1) is 25.2. The molecular formula is C32H27N3O5. The Morgan fingerprint density at radius 1 is 1.00 bits per heavy atom. The van der Waals surface area contributed by atoms with Gasteiger partial charge in [0.05, 0.1) is 12.3 Å². The maximum atomic E-state index is 13.4. The Morgan fingerprint density at radius 3 is 2.60 bits per heavy atom. The van der Waals surface area contributed by atoms with Crippen molar-refractivity contribution in [3.05, 3.63) is 137 Å². The van der Waals surface area contributed by atoms with Gasteiger partial charge in [-0.3, -0.25) is 9.59 Å². The molecule has 5 aromatic rings. The third-order valence-corrected chi connectivity index (χ3v) is 6.91. The van der Waals surface area contributed by atoms with Gasteiger partial charge >= 0.3 is 0 Å². The van der Waals surface area contributed by atoms with Crippen LogP contribution in [0.3, 0.4) is 0 Å². The molecule has 1 aliphatic rings. The molecule has 2 aromatic heterocycles. The van der Waals surface area contributed by atoms with Crippen molar-refractivity contribution in [2.75, 3.05) is 11.9 Å². The van der Waals surface area contributed by atoms with Crippen molar-refractivity contribution in [3.63, 3.8) is 0 Å². The molecule has 40 heavy (non-hydrogen) atoms. The summed E-state index contributed by atoms with van der Waals surface area (Å²) in [4.78, 5) is 32.1. The first-order valence-electron chi connectivity index (χ1n) is 13.0. The van der Waals surface area contributed by atoms with Crippen molar-refractivity contribution >= 4 is 17.5 Å². The number of anilines is 1. The number of amides is 2. The summed E-state index contributed by atoms with van der Waals surface area (Å²) in [5.74, 6) is 0.673. The number of nitrogens with one attached hydrogen (secondary N) is 1.